The highest BCUT2D eigenvalue weighted by atomic mass is 32.2. The monoisotopic (exact) mass is 281 g/mol. The normalized spacial score (nSPS) is 24.4. The molecule has 1 aromatic carbocycles. The van der Waals surface area contributed by atoms with Crippen LogP contribution in [0, 0.1) is 0 Å². The van der Waals surface area contributed by atoms with Crippen LogP contribution in [0.15, 0.2) is 23.1 Å². The summed E-state index contributed by atoms with van der Waals surface area (Å²) in [5.74, 6) is 0. The van der Waals surface area contributed by atoms with Gasteiger partial charge in [0.15, 0.2) is 0 Å². The van der Waals surface area contributed by atoms with Crippen LogP contribution in [0.25, 0.3) is 0 Å². The Kier molecular flexibility index (Phi) is 3.37. The minimum atomic E-state index is -3.36. The van der Waals surface area contributed by atoms with Crippen molar-refractivity contribution in [2.24, 2.45) is 0 Å². The molecule has 1 atom stereocenters. The van der Waals surface area contributed by atoms with E-state index in [0.717, 1.165) is 19.3 Å². The number of hydrogen-bond donors (Lipinski definition) is 0. The van der Waals surface area contributed by atoms with Crippen molar-refractivity contribution in [3.63, 3.8) is 0 Å². The fourth-order valence-corrected chi connectivity index (χ4v) is 4.41. The molecule has 19 heavy (non-hydrogen) atoms. The van der Waals surface area contributed by atoms with E-state index in [9.17, 15) is 8.42 Å². The highest BCUT2D eigenvalue weighted by molar-refractivity contribution is 7.89. The van der Waals surface area contributed by atoms with Gasteiger partial charge in [-0.1, -0.05) is 6.07 Å². The van der Waals surface area contributed by atoms with Gasteiger partial charge >= 0.3 is 0 Å². The smallest absolute Gasteiger partial charge is 0.243 e. The van der Waals surface area contributed by atoms with Crippen LogP contribution < -0.4 is 0 Å². The molecule has 0 unspecified atom stereocenters. The maximum absolute atomic E-state index is 12.6. The molecular weight excluding hydrogens is 262 g/mol. The summed E-state index contributed by atoms with van der Waals surface area (Å²) in [6, 6.07) is 5.58. The van der Waals surface area contributed by atoms with Crippen molar-refractivity contribution in [1.82, 2.24) is 4.31 Å². The molecule has 1 fully saturated rings. The van der Waals surface area contributed by atoms with Crippen molar-refractivity contribution >= 4 is 10.0 Å². The second-order valence-electron chi connectivity index (χ2n) is 5.33. The molecule has 0 N–H and O–H groups in total. The fourth-order valence-electron chi connectivity index (χ4n) is 2.86. The Morgan fingerprint density at radius 3 is 2.84 bits per heavy atom. The minimum absolute atomic E-state index is 0.0297. The van der Waals surface area contributed by atoms with E-state index < -0.39 is 10.0 Å². The molecule has 2 aliphatic rings. The first-order valence-corrected chi connectivity index (χ1v) is 8.25. The maximum Gasteiger partial charge on any atom is 0.243 e. The third-order valence-corrected chi connectivity index (χ3v) is 5.77. The zero-order valence-electron chi connectivity index (χ0n) is 11.1. The molecule has 0 spiro atoms. The van der Waals surface area contributed by atoms with Crippen LogP contribution in [0.5, 0.6) is 0 Å². The first-order chi connectivity index (χ1) is 9.07. The lowest BCUT2D eigenvalue weighted by Crippen LogP contribution is -2.44. The topological polar surface area (TPSA) is 46.6 Å². The first kappa shape index (κ1) is 13.1. The molecule has 104 valence electrons. The molecule has 0 aromatic heterocycles. The second-order valence-corrected chi connectivity index (χ2v) is 7.27. The summed E-state index contributed by atoms with van der Waals surface area (Å²) in [4.78, 5) is 0.433. The summed E-state index contributed by atoms with van der Waals surface area (Å²) in [6.45, 7) is 3.28. The lowest BCUT2D eigenvalue weighted by Gasteiger charge is -2.30. The van der Waals surface area contributed by atoms with E-state index in [1.54, 1.807) is 6.07 Å². The van der Waals surface area contributed by atoms with Crippen molar-refractivity contribution in [2.75, 3.05) is 19.7 Å². The number of aryl methyl sites for hydroxylation is 2. The van der Waals surface area contributed by atoms with Crippen molar-refractivity contribution in [3.05, 3.63) is 29.3 Å². The van der Waals surface area contributed by atoms with E-state index in [2.05, 4.69) is 0 Å². The molecule has 0 bridgehead atoms. The summed E-state index contributed by atoms with van der Waals surface area (Å²) < 4.78 is 32.2. The van der Waals surface area contributed by atoms with Gasteiger partial charge in [-0.3, -0.25) is 0 Å². The highest BCUT2D eigenvalue weighted by Gasteiger charge is 2.29. The molecular formula is C14H19NO3S. The van der Waals surface area contributed by atoms with E-state index in [1.165, 1.54) is 15.4 Å². The largest absolute Gasteiger partial charge is 0.376 e. The van der Waals surface area contributed by atoms with E-state index in [-0.39, 0.29) is 6.10 Å². The summed E-state index contributed by atoms with van der Waals surface area (Å²) in [6.07, 6.45) is 3.17. The molecule has 3 rings (SSSR count). The first-order valence-electron chi connectivity index (χ1n) is 6.81. The van der Waals surface area contributed by atoms with Crippen LogP contribution in [0.4, 0.5) is 0 Å². The van der Waals surface area contributed by atoms with Gasteiger partial charge in [0, 0.05) is 13.1 Å². The van der Waals surface area contributed by atoms with Gasteiger partial charge < -0.3 is 4.74 Å². The molecule has 1 saturated heterocycles. The maximum atomic E-state index is 12.6. The number of rotatable bonds is 2. The van der Waals surface area contributed by atoms with Gasteiger partial charge in [0.25, 0.3) is 0 Å². The van der Waals surface area contributed by atoms with Gasteiger partial charge in [0.1, 0.15) is 0 Å². The summed E-state index contributed by atoms with van der Waals surface area (Å²) in [7, 11) is -3.36. The molecule has 5 heteroatoms. The van der Waals surface area contributed by atoms with Gasteiger partial charge in [-0.25, -0.2) is 8.42 Å². The van der Waals surface area contributed by atoms with Crippen LogP contribution in [0.2, 0.25) is 0 Å². The molecule has 0 saturated carbocycles. The lowest BCUT2D eigenvalue weighted by atomic mass is 10.1. The van der Waals surface area contributed by atoms with Crippen LogP contribution in [-0.4, -0.2) is 38.5 Å². The summed E-state index contributed by atoms with van der Waals surface area (Å²) in [5, 5.41) is 0. The Morgan fingerprint density at radius 2 is 2.05 bits per heavy atom. The second kappa shape index (κ2) is 4.89. The van der Waals surface area contributed by atoms with Crippen molar-refractivity contribution in [1.29, 1.82) is 0 Å². The van der Waals surface area contributed by atoms with E-state index in [1.807, 2.05) is 19.1 Å². The number of ether oxygens (including phenoxy) is 1. The Bertz CT molecular complexity index is 582. The number of morpholine rings is 1. The quantitative estimate of drug-likeness (QED) is 0.827. The molecule has 1 aliphatic carbocycles. The van der Waals surface area contributed by atoms with Crippen LogP contribution in [-0.2, 0) is 27.6 Å². The fraction of sp³-hybridized carbons (Fsp3) is 0.571. The molecule has 1 aromatic rings. The molecule has 1 aliphatic heterocycles. The van der Waals surface area contributed by atoms with Crippen LogP contribution >= 0.6 is 0 Å². The Hall–Kier alpha value is -0.910. The van der Waals surface area contributed by atoms with Gasteiger partial charge in [-0.05, 0) is 49.4 Å². The number of benzene rings is 1. The average Bonchev–Trinajstić information content (AvgIpc) is 2.85. The third-order valence-electron chi connectivity index (χ3n) is 3.91. The molecule has 4 nitrogen and oxygen atoms in total. The third kappa shape index (κ3) is 2.42. The zero-order chi connectivity index (χ0) is 13.5. The van der Waals surface area contributed by atoms with Crippen LogP contribution in [0.3, 0.4) is 0 Å². The Morgan fingerprint density at radius 1 is 1.26 bits per heavy atom. The minimum Gasteiger partial charge on any atom is -0.376 e. The highest BCUT2D eigenvalue weighted by Crippen LogP contribution is 2.26. The molecule has 0 amide bonds. The number of fused-ring (bicyclic) bond motifs is 1. The SMILES string of the molecule is C[C@H]1CN(S(=O)(=O)c2ccc3c(c2)CCC3)CCO1. The predicted molar refractivity (Wildman–Crippen MR) is 72.6 cm³/mol. The standard InChI is InChI=1S/C14H19NO3S/c1-11-10-15(7-8-18-11)19(16,17)14-6-5-12-3-2-4-13(12)9-14/h5-6,9,11H,2-4,7-8,10H2,1H3/t11-/m0/s1. The Balaban J connectivity index is 1.91. The van der Waals surface area contributed by atoms with Gasteiger partial charge in [-0.15, -0.1) is 0 Å². The van der Waals surface area contributed by atoms with Crippen LogP contribution in [0.1, 0.15) is 24.5 Å². The van der Waals surface area contributed by atoms with E-state index in [4.69, 9.17) is 4.74 Å². The predicted octanol–water partition coefficient (Wildman–Crippen LogP) is 1.58. The van der Waals surface area contributed by atoms with Gasteiger partial charge in [0.2, 0.25) is 10.0 Å². The lowest BCUT2D eigenvalue weighted by molar-refractivity contribution is 0.0102. The summed E-state index contributed by atoms with van der Waals surface area (Å²) in [5.41, 5.74) is 2.50. The van der Waals surface area contributed by atoms with Crippen molar-refractivity contribution in [2.45, 2.75) is 37.2 Å². The van der Waals surface area contributed by atoms with Crippen molar-refractivity contribution in [3.8, 4) is 0 Å². The van der Waals surface area contributed by atoms with Gasteiger partial charge in [0.05, 0.1) is 17.6 Å². The molecule has 1 heterocycles. The number of nitrogens with zero attached hydrogens (tertiary/aromatic N) is 1. The summed E-state index contributed by atoms with van der Waals surface area (Å²) >= 11 is 0. The van der Waals surface area contributed by atoms with E-state index >= 15 is 0 Å². The number of sulfonamides is 1. The van der Waals surface area contributed by atoms with E-state index in [0.29, 0.717) is 24.6 Å². The Labute approximate surface area is 114 Å². The molecule has 0 radical (unpaired) electrons. The zero-order valence-corrected chi connectivity index (χ0v) is 11.9. The van der Waals surface area contributed by atoms with Gasteiger partial charge in [-0.2, -0.15) is 4.31 Å². The van der Waals surface area contributed by atoms with Crippen molar-refractivity contribution < 1.29 is 13.2 Å². The average molecular weight is 281 g/mol. The number of hydrogen-bond acceptors (Lipinski definition) is 3.